The van der Waals surface area contributed by atoms with Crippen LogP contribution < -0.4 is 26.0 Å². The molecule has 14 heteroatoms. The van der Waals surface area contributed by atoms with Gasteiger partial charge in [-0.1, -0.05) is 20.8 Å². The molecule has 1 unspecified atom stereocenters. The molecule has 3 N–H and O–H groups in total. The SMILES string of the molecule is CCOC(=O)CC[C@H](NC(=O)c1ccc(Br)c(N(C)CC2CN2c2c(C)nc(NC(=O)C(C)(C)C)[nH]c2=O)c1)C(=O)OCC. The van der Waals surface area contributed by atoms with Gasteiger partial charge in [-0.05, 0) is 61.3 Å². The minimum Gasteiger partial charge on any atom is -0.466 e. The van der Waals surface area contributed by atoms with Crippen molar-refractivity contribution in [3.05, 3.63) is 44.3 Å². The summed E-state index contributed by atoms with van der Waals surface area (Å²) in [6, 6.07) is 4.07. The molecule has 1 aromatic heterocycles. The van der Waals surface area contributed by atoms with E-state index >= 15 is 0 Å². The van der Waals surface area contributed by atoms with Crippen LogP contribution in [0.1, 0.15) is 63.5 Å². The molecule has 1 aliphatic heterocycles. The third-order valence-electron chi connectivity index (χ3n) is 6.91. The molecular weight excluding hydrogens is 636 g/mol. The Kier molecular flexibility index (Phi) is 11.5. The second kappa shape index (κ2) is 14.7. The van der Waals surface area contributed by atoms with E-state index in [9.17, 15) is 24.0 Å². The van der Waals surface area contributed by atoms with E-state index in [0.717, 1.165) is 10.2 Å². The summed E-state index contributed by atoms with van der Waals surface area (Å²) < 4.78 is 10.8. The number of hydrogen-bond acceptors (Lipinski definition) is 10. The highest BCUT2D eigenvalue weighted by Gasteiger charge is 2.38. The van der Waals surface area contributed by atoms with Gasteiger partial charge in [-0.15, -0.1) is 0 Å². The number of benzene rings is 1. The summed E-state index contributed by atoms with van der Waals surface area (Å²) in [6.45, 7) is 11.9. The van der Waals surface area contributed by atoms with Crippen molar-refractivity contribution in [1.29, 1.82) is 0 Å². The van der Waals surface area contributed by atoms with Crippen molar-refractivity contribution < 1.29 is 28.7 Å². The van der Waals surface area contributed by atoms with Gasteiger partial charge in [-0.2, -0.15) is 0 Å². The summed E-state index contributed by atoms with van der Waals surface area (Å²) in [7, 11) is 1.87. The van der Waals surface area contributed by atoms with Gasteiger partial charge in [0.15, 0.2) is 0 Å². The second-order valence-electron chi connectivity index (χ2n) is 11.5. The zero-order chi connectivity index (χ0) is 32.8. The van der Waals surface area contributed by atoms with Crippen LogP contribution in [0.3, 0.4) is 0 Å². The smallest absolute Gasteiger partial charge is 0.328 e. The van der Waals surface area contributed by atoms with Gasteiger partial charge in [-0.3, -0.25) is 29.5 Å². The lowest BCUT2D eigenvalue weighted by Gasteiger charge is -2.22. The molecule has 0 saturated carbocycles. The van der Waals surface area contributed by atoms with Crippen molar-refractivity contribution >= 4 is 57.0 Å². The van der Waals surface area contributed by atoms with Gasteiger partial charge in [-0.25, -0.2) is 9.78 Å². The average molecular weight is 678 g/mol. The van der Waals surface area contributed by atoms with Crippen molar-refractivity contribution in [2.45, 2.75) is 66.5 Å². The fourth-order valence-electron chi connectivity index (χ4n) is 4.47. The molecule has 2 heterocycles. The highest BCUT2D eigenvalue weighted by molar-refractivity contribution is 9.10. The number of aromatic nitrogens is 2. The largest absolute Gasteiger partial charge is 0.466 e. The molecule has 0 radical (unpaired) electrons. The van der Waals surface area contributed by atoms with Gasteiger partial charge in [0.1, 0.15) is 11.7 Å². The Morgan fingerprint density at radius 2 is 1.86 bits per heavy atom. The van der Waals surface area contributed by atoms with Crippen molar-refractivity contribution in [2.75, 3.05) is 48.5 Å². The Morgan fingerprint density at radius 1 is 1.18 bits per heavy atom. The van der Waals surface area contributed by atoms with Gasteiger partial charge < -0.3 is 24.6 Å². The van der Waals surface area contributed by atoms with Crippen LogP contribution >= 0.6 is 15.9 Å². The van der Waals surface area contributed by atoms with Crippen molar-refractivity contribution in [2.24, 2.45) is 5.41 Å². The number of carbonyl (C=O) groups is 4. The Hall–Kier alpha value is -3.94. The number of likely N-dealkylation sites (N-methyl/N-ethyl adjacent to an activating group) is 1. The number of ether oxygens (including phenoxy) is 2. The first-order valence-electron chi connectivity index (χ1n) is 14.5. The summed E-state index contributed by atoms with van der Waals surface area (Å²) in [5, 5.41) is 5.35. The molecule has 44 heavy (non-hydrogen) atoms. The number of anilines is 3. The molecule has 0 aliphatic carbocycles. The van der Waals surface area contributed by atoms with Crippen LogP contribution in [0.25, 0.3) is 0 Å². The number of nitrogens with zero attached hydrogens (tertiary/aromatic N) is 3. The highest BCUT2D eigenvalue weighted by Crippen LogP contribution is 2.32. The Morgan fingerprint density at radius 3 is 2.48 bits per heavy atom. The zero-order valence-corrected chi connectivity index (χ0v) is 27.8. The molecule has 13 nitrogen and oxygen atoms in total. The standard InChI is InChI=1S/C30H41BrN6O7/c1-8-43-23(38)13-12-21(27(41)44-9-2)33-25(39)18-10-11-20(31)22(14-18)36(7)15-19-16-37(19)24-17(3)32-29(34-26(24)40)35-28(42)30(4,5)6/h10-11,14,19,21H,8-9,12-13,15-16H2,1-7H3,(H,33,39)(H2,32,34,35,40,42)/t19?,21-,37?/m0/s1. The number of nitrogens with one attached hydrogen (secondary N) is 3. The molecule has 1 aromatic carbocycles. The number of amides is 2. The minimum atomic E-state index is -1.01. The molecular formula is C30H41BrN6O7. The van der Waals surface area contributed by atoms with Crippen LogP contribution in [0.5, 0.6) is 0 Å². The van der Waals surface area contributed by atoms with E-state index in [1.54, 1.807) is 59.7 Å². The number of hydrogen-bond donors (Lipinski definition) is 3. The molecule has 3 rings (SSSR count). The summed E-state index contributed by atoms with van der Waals surface area (Å²) in [5.74, 6) is -1.73. The van der Waals surface area contributed by atoms with Crippen LogP contribution in [0, 0.1) is 12.3 Å². The van der Waals surface area contributed by atoms with Gasteiger partial charge in [0, 0.05) is 42.0 Å². The number of aromatic amines is 1. The summed E-state index contributed by atoms with van der Waals surface area (Å²) in [5.41, 5.74) is 1.01. The van der Waals surface area contributed by atoms with Crippen LogP contribution in [0.4, 0.5) is 17.3 Å². The van der Waals surface area contributed by atoms with Gasteiger partial charge in [0.05, 0.1) is 30.6 Å². The summed E-state index contributed by atoms with van der Waals surface area (Å²) in [6.07, 6.45) is -0.00250. The van der Waals surface area contributed by atoms with E-state index in [4.69, 9.17) is 9.47 Å². The van der Waals surface area contributed by atoms with Crippen LogP contribution in [0.15, 0.2) is 27.5 Å². The maximum atomic E-state index is 13.2. The highest BCUT2D eigenvalue weighted by atomic mass is 79.9. The average Bonchev–Trinajstić information content (AvgIpc) is 3.68. The topological polar surface area (TPSA) is 163 Å². The first kappa shape index (κ1) is 34.5. The molecule has 2 atom stereocenters. The predicted molar refractivity (Wildman–Crippen MR) is 170 cm³/mol. The van der Waals surface area contributed by atoms with Crippen LogP contribution in [-0.4, -0.2) is 79.2 Å². The molecule has 0 bridgehead atoms. The number of aryl methyl sites for hydroxylation is 1. The van der Waals surface area contributed by atoms with Crippen molar-refractivity contribution in [3.63, 3.8) is 0 Å². The zero-order valence-electron chi connectivity index (χ0n) is 26.2. The van der Waals surface area contributed by atoms with E-state index in [-0.39, 0.29) is 49.5 Å². The molecule has 240 valence electrons. The first-order valence-corrected chi connectivity index (χ1v) is 15.3. The lowest BCUT2D eigenvalue weighted by molar-refractivity contribution is -0.146. The minimum absolute atomic E-state index is 0.0112. The molecule has 1 aliphatic rings. The number of rotatable bonds is 13. The monoisotopic (exact) mass is 676 g/mol. The molecule has 2 amide bonds. The number of esters is 2. The lowest BCUT2D eigenvalue weighted by Crippen LogP contribution is -2.42. The fraction of sp³-hybridized carbons (Fsp3) is 0.533. The third-order valence-corrected chi connectivity index (χ3v) is 7.58. The number of halogens is 1. The van der Waals surface area contributed by atoms with Crippen molar-refractivity contribution in [1.82, 2.24) is 15.3 Å². The van der Waals surface area contributed by atoms with Gasteiger partial charge >= 0.3 is 11.9 Å². The van der Waals surface area contributed by atoms with E-state index in [1.807, 2.05) is 16.8 Å². The van der Waals surface area contributed by atoms with E-state index in [1.165, 1.54) is 0 Å². The molecule has 1 saturated heterocycles. The second-order valence-corrected chi connectivity index (χ2v) is 12.4. The summed E-state index contributed by atoms with van der Waals surface area (Å²) in [4.78, 5) is 73.7. The Balaban J connectivity index is 1.69. The predicted octanol–water partition coefficient (Wildman–Crippen LogP) is 3.16. The fourth-order valence-corrected chi connectivity index (χ4v) is 5.02. The van der Waals surface area contributed by atoms with Crippen molar-refractivity contribution in [3.8, 4) is 0 Å². The maximum absolute atomic E-state index is 13.2. The molecule has 0 spiro atoms. The van der Waals surface area contributed by atoms with Gasteiger partial charge in [0.2, 0.25) is 11.9 Å². The first-order chi connectivity index (χ1) is 20.7. The van der Waals surface area contributed by atoms with Crippen LogP contribution in [0.2, 0.25) is 0 Å². The van der Waals surface area contributed by atoms with E-state index in [0.29, 0.717) is 30.0 Å². The normalized spacial score (nSPS) is 14.8. The Bertz CT molecular complexity index is 1450. The molecule has 1 fully saturated rings. The lowest BCUT2D eigenvalue weighted by atomic mass is 9.96. The van der Waals surface area contributed by atoms with Crippen LogP contribution in [-0.2, 0) is 23.9 Å². The summed E-state index contributed by atoms with van der Waals surface area (Å²) >= 11 is 3.55. The number of carbonyl (C=O) groups excluding carboxylic acids is 4. The van der Waals surface area contributed by atoms with E-state index in [2.05, 4.69) is 36.5 Å². The number of H-pyrrole nitrogens is 1. The Labute approximate surface area is 265 Å². The third kappa shape index (κ3) is 9.04. The van der Waals surface area contributed by atoms with Gasteiger partial charge in [0.25, 0.3) is 11.5 Å². The molecule has 2 aromatic rings. The maximum Gasteiger partial charge on any atom is 0.328 e. The van der Waals surface area contributed by atoms with E-state index < -0.39 is 29.3 Å². The quantitative estimate of drug-likeness (QED) is 0.212.